The molecule has 10 heteroatoms. The predicted octanol–water partition coefficient (Wildman–Crippen LogP) is 2.66. The van der Waals surface area contributed by atoms with E-state index < -0.39 is 10.0 Å². The minimum atomic E-state index is -3.82. The van der Waals surface area contributed by atoms with E-state index in [0.717, 1.165) is 5.56 Å². The van der Waals surface area contributed by atoms with Crippen LogP contribution >= 0.6 is 0 Å². The van der Waals surface area contributed by atoms with Gasteiger partial charge in [0, 0.05) is 32.2 Å². The number of ether oxygens (including phenoxy) is 4. The van der Waals surface area contributed by atoms with Crippen LogP contribution in [0.1, 0.15) is 12.5 Å². The van der Waals surface area contributed by atoms with Gasteiger partial charge in [0.1, 0.15) is 16.4 Å². The first-order valence-corrected chi connectivity index (χ1v) is 12.2. The number of sulfonamides is 1. The summed E-state index contributed by atoms with van der Waals surface area (Å²) in [6.07, 6.45) is 3.86. The Bertz CT molecular complexity index is 1140. The van der Waals surface area contributed by atoms with Crippen molar-refractivity contribution in [2.75, 3.05) is 54.1 Å². The number of allylic oxidation sites excluding steroid dienone is 1. The Morgan fingerprint density at radius 1 is 0.912 bits per heavy atom. The first-order valence-electron chi connectivity index (χ1n) is 10.8. The lowest BCUT2D eigenvalue weighted by Gasteiger charge is -2.34. The summed E-state index contributed by atoms with van der Waals surface area (Å²) in [5, 5.41) is 0. The minimum Gasteiger partial charge on any atom is -0.497 e. The first kappa shape index (κ1) is 25.4. The molecule has 1 amide bonds. The monoisotopic (exact) mass is 490 g/mol. The second-order valence-electron chi connectivity index (χ2n) is 7.50. The van der Waals surface area contributed by atoms with Crippen LogP contribution in [0.15, 0.2) is 47.4 Å². The van der Waals surface area contributed by atoms with Crippen LogP contribution in [0.5, 0.6) is 23.0 Å². The van der Waals surface area contributed by atoms with Gasteiger partial charge in [0.15, 0.2) is 18.1 Å². The summed E-state index contributed by atoms with van der Waals surface area (Å²) < 4.78 is 49.2. The molecule has 9 nitrogen and oxygen atoms in total. The van der Waals surface area contributed by atoms with Gasteiger partial charge in [0.2, 0.25) is 10.0 Å². The molecular weight excluding hydrogens is 460 g/mol. The standard InChI is InChI=1S/C24H30N2O7S/c1-5-6-18-7-9-20(22(15-18)32-4)33-17-24(27)25-11-13-26(14-12-25)34(28,29)23-16-19(30-2)8-10-21(23)31-3/h5-10,15-16H,11-14,17H2,1-4H3/b6-5+. The highest BCUT2D eigenvalue weighted by molar-refractivity contribution is 7.89. The number of rotatable bonds is 9. The first-order chi connectivity index (χ1) is 16.3. The number of hydrogen-bond donors (Lipinski definition) is 0. The molecule has 0 aromatic heterocycles. The van der Waals surface area contributed by atoms with Crippen LogP contribution < -0.4 is 18.9 Å². The smallest absolute Gasteiger partial charge is 0.260 e. The summed E-state index contributed by atoms with van der Waals surface area (Å²) in [6, 6.07) is 10.1. The summed E-state index contributed by atoms with van der Waals surface area (Å²) in [4.78, 5) is 14.3. The van der Waals surface area contributed by atoms with E-state index in [1.54, 1.807) is 30.2 Å². The van der Waals surface area contributed by atoms with E-state index in [2.05, 4.69) is 0 Å². The molecule has 34 heavy (non-hydrogen) atoms. The van der Waals surface area contributed by atoms with E-state index in [1.165, 1.54) is 24.6 Å². The topological polar surface area (TPSA) is 94.6 Å². The second kappa shape index (κ2) is 11.3. The molecule has 3 rings (SSSR count). The zero-order chi connectivity index (χ0) is 24.7. The van der Waals surface area contributed by atoms with Gasteiger partial charge in [-0.2, -0.15) is 4.31 Å². The Hall–Kier alpha value is -3.24. The molecule has 0 N–H and O–H groups in total. The number of nitrogens with zero attached hydrogens (tertiary/aromatic N) is 2. The zero-order valence-corrected chi connectivity index (χ0v) is 20.6. The third kappa shape index (κ3) is 5.63. The number of methoxy groups -OCH3 is 3. The number of carbonyl (C=O) groups excluding carboxylic acids is 1. The summed E-state index contributed by atoms with van der Waals surface area (Å²) in [6.45, 7) is 2.59. The van der Waals surface area contributed by atoms with Crippen molar-refractivity contribution in [1.82, 2.24) is 9.21 Å². The van der Waals surface area contributed by atoms with Crippen LogP contribution in [-0.2, 0) is 14.8 Å². The summed E-state index contributed by atoms with van der Waals surface area (Å²) in [7, 11) is 0.606. The number of piperazine rings is 1. The molecule has 2 aromatic carbocycles. The van der Waals surface area contributed by atoms with Crippen molar-refractivity contribution in [3.63, 3.8) is 0 Å². The summed E-state index contributed by atoms with van der Waals surface area (Å²) >= 11 is 0. The van der Waals surface area contributed by atoms with Crippen LogP contribution in [0.25, 0.3) is 6.08 Å². The van der Waals surface area contributed by atoms with Gasteiger partial charge in [0.25, 0.3) is 5.91 Å². The molecule has 0 bridgehead atoms. The molecule has 184 valence electrons. The molecule has 1 aliphatic heterocycles. The van der Waals surface area contributed by atoms with Gasteiger partial charge >= 0.3 is 0 Å². The lowest BCUT2D eigenvalue weighted by atomic mass is 10.2. The Balaban J connectivity index is 1.62. The highest BCUT2D eigenvalue weighted by atomic mass is 32.2. The molecule has 1 aliphatic rings. The van der Waals surface area contributed by atoms with Gasteiger partial charge in [-0.15, -0.1) is 0 Å². The molecule has 1 saturated heterocycles. The number of amides is 1. The Morgan fingerprint density at radius 2 is 1.59 bits per heavy atom. The van der Waals surface area contributed by atoms with Crippen LogP contribution in [0.4, 0.5) is 0 Å². The van der Waals surface area contributed by atoms with Crippen LogP contribution in [-0.4, -0.2) is 77.6 Å². The Kier molecular flexibility index (Phi) is 8.41. The van der Waals surface area contributed by atoms with Crippen molar-refractivity contribution in [3.8, 4) is 23.0 Å². The molecule has 1 heterocycles. The molecule has 0 radical (unpaired) electrons. The average molecular weight is 491 g/mol. The van der Waals surface area contributed by atoms with Gasteiger partial charge in [-0.3, -0.25) is 4.79 Å². The van der Waals surface area contributed by atoms with E-state index in [0.29, 0.717) is 17.2 Å². The number of benzene rings is 2. The molecule has 0 spiro atoms. The normalized spacial score (nSPS) is 14.8. The maximum Gasteiger partial charge on any atom is 0.260 e. The largest absolute Gasteiger partial charge is 0.497 e. The maximum atomic E-state index is 13.2. The fraction of sp³-hybridized carbons (Fsp3) is 0.375. The second-order valence-corrected chi connectivity index (χ2v) is 9.41. The molecule has 2 aromatic rings. The summed E-state index contributed by atoms with van der Waals surface area (Å²) in [5.74, 6) is 1.43. The highest BCUT2D eigenvalue weighted by Gasteiger charge is 2.32. The van der Waals surface area contributed by atoms with E-state index in [1.807, 2.05) is 31.2 Å². The van der Waals surface area contributed by atoms with Crippen molar-refractivity contribution < 1.29 is 32.2 Å². The minimum absolute atomic E-state index is 0.0333. The lowest BCUT2D eigenvalue weighted by molar-refractivity contribution is -0.134. The highest BCUT2D eigenvalue weighted by Crippen LogP contribution is 2.31. The average Bonchev–Trinajstić information content (AvgIpc) is 2.87. The fourth-order valence-corrected chi connectivity index (χ4v) is 5.23. The molecule has 0 atom stereocenters. The van der Waals surface area contributed by atoms with Crippen LogP contribution in [0.2, 0.25) is 0 Å². The predicted molar refractivity (Wildman–Crippen MR) is 128 cm³/mol. The van der Waals surface area contributed by atoms with E-state index in [4.69, 9.17) is 18.9 Å². The SMILES string of the molecule is C/C=C/c1ccc(OCC(=O)N2CCN(S(=O)(=O)c3cc(OC)ccc3OC)CC2)c(OC)c1. The van der Waals surface area contributed by atoms with E-state index in [-0.39, 0.29) is 49.3 Å². The van der Waals surface area contributed by atoms with Crippen molar-refractivity contribution in [2.24, 2.45) is 0 Å². The molecule has 1 fully saturated rings. The van der Waals surface area contributed by atoms with Crippen molar-refractivity contribution in [2.45, 2.75) is 11.8 Å². The molecule has 0 unspecified atom stereocenters. The van der Waals surface area contributed by atoms with Gasteiger partial charge < -0.3 is 23.8 Å². The zero-order valence-electron chi connectivity index (χ0n) is 19.8. The van der Waals surface area contributed by atoms with Gasteiger partial charge in [0.05, 0.1) is 21.3 Å². The van der Waals surface area contributed by atoms with E-state index >= 15 is 0 Å². The molecule has 0 saturated carbocycles. The van der Waals surface area contributed by atoms with Gasteiger partial charge in [-0.25, -0.2) is 8.42 Å². The van der Waals surface area contributed by atoms with Crippen molar-refractivity contribution in [3.05, 3.63) is 48.0 Å². The van der Waals surface area contributed by atoms with Gasteiger partial charge in [-0.1, -0.05) is 18.2 Å². The van der Waals surface area contributed by atoms with Crippen LogP contribution in [0.3, 0.4) is 0 Å². The Labute approximate surface area is 200 Å². The third-order valence-electron chi connectivity index (χ3n) is 5.48. The lowest BCUT2D eigenvalue weighted by Crippen LogP contribution is -2.51. The number of hydrogen-bond acceptors (Lipinski definition) is 7. The third-order valence-corrected chi connectivity index (χ3v) is 7.40. The number of carbonyl (C=O) groups is 1. The Morgan fingerprint density at radius 3 is 2.21 bits per heavy atom. The maximum absolute atomic E-state index is 13.2. The van der Waals surface area contributed by atoms with Crippen LogP contribution in [0, 0.1) is 0 Å². The van der Waals surface area contributed by atoms with Crippen molar-refractivity contribution >= 4 is 22.0 Å². The summed E-state index contributed by atoms with van der Waals surface area (Å²) in [5.41, 5.74) is 0.961. The van der Waals surface area contributed by atoms with E-state index in [9.17, 15) is 13.2 Å². The quantitative estimate of drug-likeness (QED) is 0.533. The van der Waals surface area contributed by atoms with Crippen molar-refractivity contribution in [1.29, 1.82) is 0 Å². The van der Waals surface area contributed by atoms with Gasteiger partial charge in [-0.05, 0) is 36.8 Å². The molecule has 0 aliphatic carbocycles. The molecular formula is C24H30N2O7S. The fourth-order valence-electron chi connectivity index (χ4n) is 3.63.